The molecule has 0 spiro atoms. The Bertz CT molecular complexity index is 833. The molecule has 1 aliphatic carbocycles. The number of nitrogens with zero attached hydrogens (tertiary/aromatic N) is 1. The van der Waals surface area contributed by atoms with E-state index in [1.165, 1.54) is 18.1 Å². The first kappa shape index (κ1) is 26.2. The van der Waals surface area contributed by atoms with Crippen molar-refractivity contribution in [3.05, 3.63) is 48.6 Å². The Morgan fingerprint density at radius 3 is 2.33 bits per heavy atom. The molecule has 0 bridgehead atoms. The monoisotopic (exact) mass is 460 g/mol. The number of amides is 2. The Morgan fingerprint density at radius 2 is 1.82 bits per heavy atom. The maximum absolute atomic E-state index is 13.4. The van der Waals surface area contributed by atoms with Gasteiger partial charge in [0, 0.05) is 5.92 Å². The Hall–Kier alpha value is -3.03. The van der Waals surface area contributed by atoms with Crippen LogP contribution in [0.15, 0.2) is 43.0 Å². The van der Waals surface area contributed by atoms with E-state index in [-0.39, 0.29) is 18.4 Å². The highest BCUT2D eigenvalue weighted by Crippen LogP contribution is 2.47. The second-order valence-corrected chi connectivity index (χ2v) is 9.54. The molecule has 1 N–H and O–H groups in total. The standard InChI is InChI=1S/C25H36N2O6/c1-8-14-32-23(29)26-20-19(17-12-10-9-11-13-17)21(20)27(24(30)33-25(4,5)6)18(15-16(2)3)22(28)31-7/h8-13,16,18-21H,1,14-15H2,2-7H3,(H,26,29)/t18-,19-,20-,21+/m0/s1. The lowest BCUT2D eigenvalue weighted by atomic mass is 10.0. The van der Waals surface area contributed by atoms with Crippen LogP contribution in [0.5, 0.6) is 0 Å². The molecule has 8 heteroatoms. The van der Waals surface area contributed by atoms with E-state index < -0.39 is 41.9 Å². The number of hydrogen-bond donors (Lipinski definition) is 1. The summed E-state index contributed by atoms with van der Waals surface area (Å²) >= 11 is 0. The molecule has 33 heavy (non-hydrogen) atoms. The van der Waals surface area contributed by atoms with Gasteiger partial charge in [0.05, 0.1) is 19.2 Å². The second-order valence-electron chi connectivity index (χ2n) is 9.54. The van der Waals surface area contributed by atoms with Crippen molar-refractivity contribution < 1.29 is 28.6 Å². The molecule has 8 nitrogen and oxygen atoms in total. The van der Waals surface area contributed by atoms with Gasteiger partial charge in [0.2, 0.25) is 0 Å². The van der Waals surface area contributed by atoms with Crippen molar-refractivity contribution >= 4 is 18.2 Å². The van der Waals surface area contributed by atoms with Gasteiger partial charge in [-0.15, -0.1) is 0 Å². The zero-order valence-corrected chi connectivity index (χ0v) is 20.4. The Labute approximate surface area is 196 Å². The summed E-state index contributed by atoms with van der Waals surface area (Å²) in [5.41, 5.74) is 0.162. The number of rotatable bonds is 9. The molecule has 182 valence electrons. The van der Waals surface area contributed by atoms with Gasteiger partial charge in [0.25, 0.3) is 0 Å². The van der Waals surface area contributed by atoms with Crippen molar-refractivity contribution in [3.63, 3.8) is 0 Å². The van der Waals surface area contributed by atoms with Gasteiger partial charge in [-0.3, -0.25) is 4.90 Å². The Kier molecular flexibility index (Phi) is 8.91. The van der Waals surface area contributed by atoms with E-state index in [0.29, 0.717) is 6.42 Å². The van der Waals surface area contributed by atoms with E-state index in [1.807, 2.05) is 44.2 Å². The zero-order valence-electron chi connectivity index (χ0n) is 20.4. The van der Waals surface area contributed by atoms with Crippen molar-refractivity contribution in [2.24, 2.45) is 5.92 Å². The number of benzene rings is 1. The largest absolute Gasteiger partial charge is 0.467 e. The van der Waals surface area contributed by atoms with Crippen LogP contribution in [-0.2, 0) is 19.0 Å². The molecular formula is C25H36N2O6. The lowest BCUT2D eigenvalue weighted by Gasteiger charge is -2.33. The lowest BCUT2D eigenvalue weighted by molar-refractivity contribution is -0.147. The van der Waals surface area contributed by atoms with Crippen LogP contribution in [0.2, 0.25) is 0 Å². The minimum atomic E-state index is -0.864. The van der Waals surface area contributed by atoms with E-state index in [4.69, 9.17) is 14.2 Å². The molecule has 1 fully saturated rings. The molecule has 0 aromatic heterocycles. The number of hydrogen-bond acceptors (Lipinski definition) is 6. The van der Waals surface area contributed by atoms with E-state index in [2.05, 4.69) is 11.9 Å². The van der Waals surface area contributed by atoms with Gasteiger partial charge in [-0.2, -0.15) is 0 Å². The van der Waals surface area contributed by atoms with Gasteiger partial charge in [-0.05, 0) is 38.7 Å². The smallest absolute Gasteiger partial charge is 0.411 e. The first-order chi connectivity index (χ1) is 15.5. The molecule has 1 saturated carbocycles. The molecule has 0 aliphatic heterocycles. The van der Waals surface area contributed by atoms with Gasteiger partial charge in [0.1, 0.15) is 18.2 Å². The van der Waals surface area contributed by atoms with Crippen LogP contribution in [0, 0.1) is 5.92 Å². The third-order valence-corrected chi connectivity index (χ3v) is 5.21. The molecule has 2 rings (SSSR count). The van der Waals surface area contributed by atoms with Crippen molar-refractivity contribution in [2.45, 2.75) is 70.7 Å². The van der Waals surface area contributed by atoms with Crippen LogP contribution >= 0.6 is 0 Å². The third-order valence-electron chi connectivity index (χ3n) is 5.21. The van der Waals surface area contributed by atoms with Gasteiger partial charge in [-0.1, -0.05) is 56.8 Å². The van der Waals surface area contributed by atoms with Gasteiger partial charge >= 0.3 is 18.2 Å². The van der Waals surface area contributed by atoms with Crippen molar-refractivity contribution in [2.75, 3.05) is 13.7 Å². The van der Waals surface area contributed by atoms with Gasteiger partial charge in [-0.25, -0.2) is 14.4 Å². The fourth-order valence-electron chi connectivity index (χ4n) is 3.89. The summed E-state index contributed by atoms with van der Waals surface area (Å²) in [7, 11) is 1.30. The highest BCUT2D eigenvalue weighted by Gasteiger charge is 2.60. The summed E-state index contributed by atoms with van der Waals surface area (Å²) in [6.07, 6.45) is 0.609. The first-order valence-electron chi connectivity index (χ1n) is 11.2. The molecule has 0 heterocycles. The summed E-state index contributed by atoms with van der Waals surface area (Å²) in [5.74, 6) is -0.660. The number of ether oxygens (including phenoxy) is 3. The van der Waals surface area contributed by atoms with Crippen molar-refractivity contribution in [1.82, 2.24) is 10.2 Å². The van der Waals surface area contributed by atoms with Gasteiger partial charge < -0.3 is 19.5 Å². The summed E-state index contributed by atoms with van der Waals surface area (Å²) in [6, 6.07) is 7.69. The normalized spacial score (nSPS) is 20.4. The van der Waals surface area contributed by atoms with Crippen LogP contribution in [0.1, 0.15) is 52.5 Å². The molecule has 1 aromatic carbocycles. The third kappa shape index (κ3) is 7.23. The first-order valence-corrected chi connectivity index (χ1v) is 11.2. The van der Waals surface area contributed by atoms with Crippen LogP contribution in [-0.4, -0.2) is 60.5 Å². The Balaban J connectivity index is 2.47. The zero-order chi connectivity index (χ0) is 24.8. The molecule has 0 unspecified atom stereocenters. The summed E-state index contributed by atoms with van der Waals surface area (Å²) in [5, 5.41) is 2.84. The maximum Gasteiger partial charge on any atom is 0.411 e. The molecule has 1 aromatic rings. The molecular weight excluding hydrogens is 424 g/mol. The minimum Gasteiger partial charge on any atom is -0.467 e. The highest BCUT2D eigenvalue weighted by molar-refractivity contribution is 5.83. The van der Waals surface area contributed by atoms with E-state index in [9.17, 15) is 14.4 Å². The SMILES string of the molecule is C=CCOC(=O)N[C@H]1[C@H](c2ccccc2)[C@H]1N(C(=O)OC(C)(C)C)[C@@H](CC(C)C)C(=O)OC. The van der Waals surface area contributed by atoms with Gasteiger partial charge in [0.15, 0.2) is 0 Å². The lowest BCUT2D eigenvalue weighted by Crippen LogP contribution is -2.51. The fraction of sp³-hybridized carbons (Fsp3) is 0.560. The Morgan fingerprint density at radius 1 is 1.18 bits per heavy atom. The highest BCUT2D eigenvalue weighted by atomic mass is 16.6. The number of carbonyl (C=O) groups excluding carboxylic acids is 3. The number of alkyl carbamates (subject to hydrolysis) is 1. The molecule has 4 atom stereocenters. The predicted molar refractivity (Wildman–Crippen MR) is 125 cm³/mol. The summed E-state index contributed by atoms with van der Waals surface area (Å²) in [4.78, 5) is 40.0. The minimum absolute atomic E-state index is 0.0626. The van der Waals surface area contributed by atoms with Crippen LogP contribution < -0.4 is 5.32 Å². The second kappa shape index (κ2) is 11.2. The molecule has 1 aliphatic rings. The maximum atomic E-state index is 13.4. The molecule has 2 amide bonds. The van der Waals surface area contributed by atoms with Crippen LogP contribution in [0.3, 0.4) is 0 Å². The number of nitrogens with one attached hydrogen (secondary N) is 1. The van der Waals surface area contributed by atoms with Crippen molar-refractivity contribution in [1.29, 1.82) is 0 Å². The molecule has 0 radical (unpaired) electrons. The van der Waals surface area contributed by atoms with Crippen molar-refractivity contribution in [3.8, 4) is 0 Å². The van der Waals surface area contributed by atoms with Crippen LogP contribution in [0.25, 0.3) is 0 Å². The summed E-state index contributed by atoms with van der Waals surface area (Å²) in [6.45, 7) is 12.8. The number of carbonyl (C=O) groups is 3. The van der Waals surface area contributed by atoms with E-state index in [1.54, 1.807) is 20.8 Å². The average molecular weight is 461 g/mol. The van der Waals surface area contributed by atoms with E-state index in [0.717, 1.165) is 5.56 Å². The van der Waals surface area contributed by atoms with Crippen LogP contribution in [0.4, 0.5) is 9.59 Å². The predicted octanol–water partition coefficient (Wildman–Crippen LogP) is 4.26. The molecule has 0 saturated heterocycles. The van der Waals surface area contributed by atoms with E-state index >= 15 is 0 Å². The average Bonchev–Trinajstić information content (AvgIpc) is 3.42. The quantitative estimate of drug-likeness (QED) is 0.336. The fourth-order valence-corrected chi connectivity index (χ4v) is 3.89. The topological polar surface area (TPSA) is 94.2 Å². The summed E-state index contributed by atoms with van der Waals surface area (Å²) < 4.78 is 15.8. The number of esters is 1. The number of methoxy groups -OCH3 is 1.